The smallest absolute Gasteiger partial charge is 0.319 e. The molecular formula is C12H18BrN3O2. The highest BCUT2D eigenvalue weighted by Crippen LogP contribution is 2.18. The molecule has 0 fully saturated rings. The lowest BCUT2D eigenvalue weighted by Gasteiger charge is -2.23. The van der Waals surface area contributed by atoms with E-state index < -0.39 is 0 Å². The highest BCUT2D eigenvalue weighted by molar-refractivity contribution is 9.10. The number of carbonyl (C=O) groups excluding carboxylic acids is 1. The van der Waals surface area contributed by atoms with E-state index >= 15 is 0 Å². The van der Waals surface area contributed by atoms with E-state index in [1.54, 1.807) is 18.3 Å². The minimum atomic E-state index is -0.273. The molecule has 0 saturated carbocycles. The average molecular weight is 316 g/mol. The summed E-state index contributed by atoms with van der Waals surface area (Å²) in [5, 5.41) is 14.3. The lowest BCUT2D eigenvalue weighted by molar-refractivity contribution is 0.204. The summed E-state index contributed by atoms with van der Waals surface area (Å²) in [6.45, 7) is 4.60. The zero-order valence-corrected chi connectivity index (χ0v) is 12.1. The highest BCUT2D eigenvalue weighted by atomic mass is 79.9. The molecule has 6 heteroatoms. The van der Waals surface area contributed by atoms with Crippen LogP contribution in [0.15, 0.2) is 22.9 Å². The van der Waals surface area contributed by atoms with Gasteiger partial charge in [-0.1, -0.05) is 13.8 Å². The van der Waals surface area contributed by atoms with Crippen LogP contribution in [0.25, 0.3) is 0 Å². The van der Waals surface area contributed by atoms with E-state index in [0.717, 1.165) is 4.60 Å². The molecule has 0 aliphatic heterocycles. The molecule has 1 aromatic heterocycles. The molecule has 18 heavy (non-hydrogen) atoms. The van der Waals surface area contributed by atoms with Crippen molar-refractivity contribution in [3.8, 4) is 0 Å². The summed E-state index contributed by atoms with van der Waals surface area (Å²) in [4.78, 5) is 15.6. The summed E-state index contributed by atoms with van der Waals surface area (Å²) in [6, 6.07) is 3.24. The molecule has 0 atom stereocenters. The largest absolute Gasteiger partial charge is 0.396 e. The topological polar surface area (TPSA) is 74.2 Å². The van der Waals surface area contributed by atoms with Gasteiger partial charge < -0.3 is 15.7 Å². The second kappa shape index (κ2) is 6.70. The first-order valence-electron chi connectivity index (χ1n) is 5.70. The predicted octanol–water partition coefficient (Wildman–Crippen LogP) is 2.37. The van der Waals surface area contributed by atoms with Crippen LogP contribution in [0.5, 0.6) is 0 Å². The molecule has 5 nitrogen and oxygen atoms in total. The SMILES string of the molecule is CC(C)(CCO)CNC(=O)Nc1ccc(Br)nc1. The van der Waals surface area contributed by atoms with Crippen LogP contribution < -0.4 is 10.6 Å². The molecule has 100 valence electrons. The molecule has 0 radical (unpaired) electrons. The van der Waals surface area contributed by atoms with Crippen molar-refractivity contribution in [1.29, 1.82) is 0 Å². The van der Waals surface area contributed by atoms with Crippen LogP contribution in [0.4, 0.5) is 10.5 Å². The molecule has 1 heterocycles. The fraction of sp³-hybridized carbons (Fsp3) is 0.500. The Bertz CT molecular complexity index is 393. The number of halogens is 1. The van der Waals surface area contributed by atoms with Crippen molar-refractivity contribution < 1.29 is 9.90 Å². The zero-order chi connectivity index (χ0) is 13.6. The van der Waals surface area contributed by atoms with Gasteiger partial charge in [-0.25, -0.2) is 9.78 Å². The van der Waals surface area contributed by atoms with E-state index in [1.807, 2.05) is 13.8 Å². The molecule has 0 aliphatic rings. The van der Waals surface area contributed by atoms with Crippen molar-refractivity contribution in [3.05, 3.63) is 22.9 Å². The number of amides is 2. The number of aliphatic hydroxyl groups is 1. The van der Waals surface area contributed by atoms with E-state index in [1.165, 1.54) is 0 Å². The van der Waals surface area contributed by atoms with Crippen LogP contribution in [-0.4, -0.2) is 29.3 Å². The predicted molar refractivity (Wildman–Crippen MR) is 74.4 cm³/mol. The van der Waals surface area contributed by atoms with E-state index in [4.69, 9.17) is 5.11 Å². The minimum Gasteiger partial charge on any atom is -0.396 e. The molecule has 0 aromatic carbocycles. The van der Waals surface area contributed by atoms with Crippen LogP contribution >= 0.6 is 15.9 Å². The molecule has 1 rings (SSSR count). The number of aromatic nitrogens is 1. The summed E-state index contributed by atoms with van der Waals surface area (Å²) in [5.74, 6) is 0. The maximum atomic E-state index is 11.6. The van der Waals surface area contributed by atoms with Gasteiger partial charge in [0.2, 0.25) is 0 Å². The Morgan fingerprint density at radius 2 is 2.22 bits per heavy atom. The minimum absolute atomic E-state index is 0.118. The van der Waals surface area contributed by atoms with Crippen LogP contribution in [0.3, 0.4) is 0 Å². The van der Waals surface area contributed by atoms with Gasteiger partial charge in [0.1, 0.15) is 4.60 Å². The van der Waals surface area contributed by atoms with Gasteiger partial charge in [-0.3, -0.25) is 0 Å². The third-order valence-corrected chi connectivity index (χ3v) is 2.97. The van der Waals surface area contributed by atoms with E-state index in [9.17, 15) is 4.79 Å². The first-order chi connectivity index (χ1) is 8.43. The summed E-state index contributed by atoms with van der Waals surface area (Å²) in [5.41, 5.74) is 0.514. The quantitative estimate of drug-likeness (QED) is 0.730. The monoisotopic (exact) mass is 315 g/mol. The highest BCUT2D eigenvalue weighted by Gasteiger charge is 2.17. The molecule has 0 aliphatic carbocycles. The Morgan fingerprint density at radius 3 is 2.78 bits per heavy atom. The van der Waals surface area contributed by atoms with Crippen LogP contribution in [-0.2, 0) is 0 Å². The normalized spacial score (nSPS) is 11.1. The first kappa shape index (κ1) is 14.9. The Morgan fingerprint density at radius 1 is 1.50 bits per heavy atom. The maximum absolute atomic E-state index is 11.6. The first-order valence-corrected chi connectivity index (χ1v) is 6.49. The fourth-order valence-corrected chi connectivity index (χ4v) is 1.57. The van der Waals surface area contributed by atoms with Gasteiger partial charge in [0.25, 0.3) is 0 Å². The molecule has 0 bridgehead atoms. The number of hydrogen-bond donors (Lipinski definition) is 3. The summed E-state index contributed by atoms with van der Waals surface area (Å²) >= 11 is 3.22. The Labute approximate surface area is 115 Å². The molecule has 1 aromatic rings. The summed E-state index contributed by atoms with van der Waals surface area (Å²) < 4.78 is 0.720. The van der Waals surface area contributed by atoms with E-state index in [0.29, 0.717) is 18.7 Å². The molecule has 0 spiro atoms. The van der Waals surface area contributed by atoms with Gasteiger partial charge in [0, 0.05) is 13.2 Å². The molecule has 0 saturated heterocycles. The lowest BCUT2D eigenvalue weighted by atomic mass is 9.90. The fourth-order valence-electron chi connectivity index (χ4n) is 1.34. The Kier molecular flexibility index (Phi) is 5.55. The Hall–Kier alpha value is -1.14. The summed E-state index contributed by atoms with van der Waals surface area (Å²) in [6.07, 6.45) is 2.22. The molecule has 2 amide bonds. The number of pyridine rings is 1. The third-order valence-electron chi connectivity index (χ3n) is 2.50. The number of anilines is 1. The van der Waals surface area contributed by atoms with Crippen molar-refractivity contribution >= 4 is 27.6 Å². The van der Waals surface area contributed by atoms with Gasteiger partial charge in [-0.2, -0.15) is 0 Å². The number of hydrogen-bond acceptors (Lipinski definition) is 3. The van der Waals surface area contributed by atoms with Gasteiger partial charge in [-0.15, -0.1) is 0 Å². The van der Waals surface area contributed by atoms with Crippen LogP contribution in [0, 0.1) is 5.41 Å². The zero-order valence-electron chi connectivity index (χ0n) is 10.5. The van der Waals surface area contributed by atoms with Crippen molar-refractivity contribution in [2.75, 3.05) is 18.5 Å². The maximum Gasteiger partial charge on any atom is 0.319 e. The second-order valence-electron chi connectivity index (χ2n) is 4.82. The number of urea groups is 1. The molecule has 3 N–H and O–H groups in total. The number of carbonyl (C=O) groups is 1. The van der Waals surface area contributed by atoms with E-state index in [-0.39, 0.29) is 18.1 Å². The summed E-state index contributed by atoms with van der Waals surface area (Å²) in [7, 11) is 0. The van der Waals surface area contributed by atoms with Crippen molar-refractivity contribution in [2.24, 2.45) is 5.41 Å². The number of nitrogens with zero attached hydrogens (tertiary/aromatic N) is 1. The van der Waals surface area contributed by atoms with Gasteiger partial charge in [0.05, 0.1) is 11.9 Å². The molecule has 0 unspecified atom stereocenters. The third kappa shape index (κ3) is 5.46. The molecular weight excluding hydrogens is 298 g/mol. The lowest BCUT2D eigenvalue weighted by Crippen LogP contribution is -2.37. The average Bonchev–Trinajstić information content (AvgIpc) is 2.30. The van der Waals surface area contributed by atoms with Crippen LogP contribution in [0.1, 0.15) is 20.3 Å². The van der Waals surface area contributed by atoms with Gasteiger partial charge in [-0.05, 0) is 39.9 Å². The number of aliphatic hydroxyl groups excluding tert-OH is 1. The Balaban J connectivity index is 2.40. The standard InChI is InChI=1S/C12H18BrN3O2/c1-12(2,5-6-17)8-15-11(18)16-9-3-4-10(13)14-7-9/h3-4,7,17H,5-6,8H2,1-2H3,(H2,15,16,18). The van der Waals surface area contributed by atoms with Crippen molar-refractivity contribution in [2.45, 2.75) is 20.3 Å². The van der Waals surface area contributed by atoms with Gasteiger partial charge >= 0.3 is 6.03 Å². The number of rotatable bonds is 5. The van der Waals surface area contributed by atoms with Crippen LogP contribution in [0.2, 0.25) is 0 Å². The van der Waals surface area contributed by atoms with E-state index in [2.05, 4.69) is 31.5 Å². The second-order valence-corrected chi connectivity index (χ2v) is 5.63. The van der Waals surface area contributed by atoms with Gasteiger partial charge in [0.15, 0.2) is 0 Å². The number of nitrogens with one attached hydrogen (secondary N) is 2. The van der Waals surface area contributed by atoms with Crippen molar-refractivity contribution in [1.82, 2.24) is 10.3 Å². The van der Waals surface area contributed by atoms with Crippen molar-refractivity contribution in [3.63, 3.8) is 0 Å².